The van der Waals surface area contributed by atoms with Crippen LogP contribution in [0.1, 0.15) is 23.6 Å². The maximum atomic E-state index is 13.7. The first-order chi connectivity index (χ1) is 12.8. The number of thioether (sulfide) groups is 1. The number of tetrazole rings is 1. The van der Waals surface area contributed by atoms with Gasteiger partial charge in [0.05, 0.1) is 10.9 Å². The Labute approximate surface area is 161 Å². The first-order valence-electron chi connectivity index (χ1n) is 8.45. The Kier molecular flexibility index (Phi) is 5.55. The van der Waals surface area contributed by atoms with Gasteiger partial charge in [-0.2, -0.15) is 4.68 Å². The van der Waals surface area contributed by atoms with Gasteiger partial charge in [-0.3, -0.25) is 4.79 Å². The third-order valence-corrected chi connectivity index (χ3v) is 5.16. The summed E-state index contributed by atoms with van der Waals surface area (Å²) in [6.45, 7) is 7.41. The topological polar surface area (TPSA) is 72.7 Å². The lowest BCUT2D eigenvalue weighted by molar-refractivity contribution is -0.115. The smallest absolute Gasteiger partial charge is 0.237 e. The second-order valence-corrected chi connectivity index (χ2v) is 7.68. The second-order valence-electron chi connectivity index (χ2n) is 6.38. The van der Waals surface area contributed by atoms with E-state index in [0.29, 0.717) is 16.4 Å². The largest absolute Gasteiger partial charge is 0.325 e. The van der Waals surface area contributed by atoms with E-state index in [-0.39, 0.29) is 11.7 Å². The van der Waals surface area contributed by atoms with Crippen LogP contribution in [0.4, 0.5) is 10.1 Å². The van der Waals surface area contributed by atoms with Crippen LogP contribution in [0.5, 0.6) is 0 Å². The first kappa shape index (κ1) is 19.0. The van der Waals surface area contributed by atoms with Gasteiger partial charge >= 0.3 is 0 Å². The minimum atomic E-state index is -0.468. The zero-order chi connectivity index (χ0) is 19.6. The summed E-state index contributed by atoms with van der Waals surface area (Å²) in [5, 5.41) is 14.6. The van der Waals surface area contributed by atoms with Gasteiger partial charge in [-0.05, 0) is 73.0 Å². The van der Waals surface area contributed by atoms with Crippen molar-refractivity contribution in [3.05, 3.63) is 58.9 Å². The number of aromatic nitrogens is 4. The van der Waals surface area contributed by atoms with Crippen molar-refractivity contribution in [3.8, 4) is 5.69 Å². The fourth-order valence-electron chi connectivity index (χ4n) is 2.48. The van der Waals surface area contributed by atoms with E-state index in [1.54, 1.807) is 30.7 Å². The summed E-state index contributed by atoms with van der Waals surface area (Å²) < 4.78 is 15.3. The molecule has 0 bridgehead atoms. The Balaban J connectivity index is 1.75. The lowest BCUT2D eigenvalue weighted by Gasteiger charge is -2.13. The lowest BCUT2D eigenvalue weighted by Crippen LogP contribution is -2.23. The number of benzene rings is 2. The number of aryl methyl sites for hydroxylation is 3. The Morgan fingerprint density at radius 2 is 1.89 bits per heavy atom. The van der Waals surface area contributed by atoms with Crippen molar-refractivity contribution in [2.75, 3.05) is 5.32 Å². The quantitative estimate of drug-likeness (QED) is 0.676. The molecule has 0 saturated carbocycles. The van der Waals surface area contributed by atoms with Gasteiger partial charge in [0, 0.05) is 5.69 Å². The lowest BCUT2D eigenvalue weighted by atomic mass is 10.1. The van der Waals surface area contributed by atoms with Crippen molar-refractivity contribution in [3.63, 3.8) is 0 Å². The Morgan fingerprint density at radius 3 is 2.63 bits per heavy atom. The number of amides is 1. The molecule has 0 spiro atoms. The Morgan fingerprint density at radius 1 is 1.15 bits per heavy atom. The highest BCUT2D eigenvalue weighted by Gasteiger charge is 2.20. The molecule has 6 nitrogen and oxygen atoms in total. The number of anilines is 1. The maximum absolute atomic E-state index is 13.7. The molecule has 0 aliphatic heterocycles. The molecule has 2 aromatic carbocycles. The molecule has 0 saturated heterocycles. The summed E-state index contributed by atoms with van der Waals surface area (Å²) in [4.78, 5) is 12.5. The van der Waals surface area contributed by atoms with Crippen LogP contribution in [-0.4, -0.2) is 31.4 Å². The fraction of sp³-hybridized carbons (Fsp3) is 0.263. The van der Waals surface area contributed by atoms with Crippen LogP contribution < -0.4 is 5.32 Å². The third-order valence-electron chi connectivity index (χ3n) is 4.12. The number of nitrogens with one attached hydrogen (secondary N) is 1. The molecule has 0 radical (unpaired) electrons. The molecule has 27 heavy (non-hydrogen) atoms. The van der Waals surface area contributed by atoms with E-state index in [2.05, 4.69) is 20.8 Å². The summed E-state index contributed by atoms with van der Waals surface area (Å²) >= 11 is 1.24. The van der Waals surface area contributed by atoms with Crippen molar-refractivity contribution in [2.24, 2.45) is 0 Å². The number of carbonyl (C=O) groups excluding carboxylic acids is 1. The highest BCUT2D eigenvalue weighted by Crippen LogP contribution is 2.26. The van der Waals surface area contributed by atoms with Gasteiger partial charge in [0.2, 0.25) is 11.1 Å². The van der Waals surface area contributed by atoms with E-state index >= 15 is 0 Å². The molecule has 0 aliphatic rings. The fourth-order valence-corrected chi connectivity index (χ4v) is 3.28. The summed E-state index contributed by atoms with van der Waals surface area (Å²) in [5.41, 5.74) is 3.94. The predicted octanol–water partition coefficient (Wildman–Crippen LogP) is 3.85. The van der Waals surface area contributed by atoms with E-state index < -0.39 is 5.25 Å². The van der Waals surface area contributed by atoms with Crippen molar-refractivity contribution in [1.82, 2.24) is 20.2 Å². The molecule has 140 valence electrons. The zero-order valence-corrected chi connectivity index (χ0v) is 16.3. The minimum Gasteiger partial charge on any atom is -0.325 e. The average Bonchev–Trinajstić information content (AvgIpc) is 3.08. The van der Waals surface area contributed by atoms with E-state index in [4.69, 9.17) is 0 Å². The number of nitrogens with zero attached hydrogens (tertiary/aromatic N) is 4. The van der Waals surface area contributed by atoms with Gasteiger partial charge in [0.25, 0.3) is 0 Å². The highest BCUT2D eigenvalue weighted by atomic mass is 32.2. The minimum absolute atomic E-state index is 0.251. The van der Waals surface area contributed by atoms with E-state index in [0.717, 1.165) is 16.8 Å². The maximum Gasteiger partial charge on any atom is 0.237 e. The third kappa shape index (κ3) is 4.33. The van der Waals surface area contributed by atoms with Gasteiger partial charge in [-0.25, -0.2) is 4.39 Å². The summed E-state index contributed by atoms with van der Waals surface area (Å²) in [5.74, 6) is -0.606. The molecular weight excluding hydrogens is 365 g/mol. The van der Waals surface area contributed by atoms with Crippen LogP contribution in [0.2, 0.25) is 0 Å². The predicted molar refractivity (Wildman–Crippen MR) is 104 cm³/mol. The molecule has 1 amide bonds. The molecule has 0 unspecified atom stereocenters. The molecule has 8 heteroatoms. The van der Waals surface area contributed by atoms with Crippen molar-refractivity contribution < 1.29 is 9.18 Å². The molecule has 1 N–H and O–H groups in total. The SMILES string of the molecule is Cc1ccc(C)c(-n2nnnc2S[C@H](C)C(=O)Nc2ccc(C)c(F)c2)c1. The normalized spacial score (nSPS) is 12.0. The number of hydrogen-bond acceptors (Lipinski definition) is 5. The van der Waals surface area contributed by atoms with E-state index in [1.807, 2.05) is 32.0 Å². The van der Waals surface area contributed by atoms with Crippen LogP contribution in [0.3, 0.4) is 0 Å². The zero-order valence-electron chi connectivity index (χ0n) is 15.5. The monoisotopic (exact) mass is 385 g/mol. The van der Waals surface area contributed by atoms with Crippen LogP contribution in [0.15, 0.2) is 41.6 Å². The first-order valence-corrected chi connectivity index (χ1v) is 9.33. The Hall–Kier alpha value is -2.74. The molecule has 1 atom stereocenters. The van der Waals surface area contributed by atoms with Crippen molar-refractivity contribution in [1.29, 1.82) is 0 Å². The van der Waals surface area contributed by atoms with E-state index in [9.17, 15) is 9.18 Å². The summed E-state index contributed by atoms with van der Waals surface area (Å²) in [6.07, 6.45) is 0. The second kappa shape index (κ2) is 7.87. The van der Waals surface area contributed by atoms with Gasteiger partial charge in [-0.15, -0.1) is 5.10 Å². The average molecular weight is 385 g/mol. The highest BCUT2D eigenvalue weighted by molar-refractivity contribution is 8.00. The molecule has 0 fully saturated rings. The Bertz CT molecular complexity index is 988. The molecule has 1 aromatic heterocycles. The molecule has 3 rings (SSSR count). The number of halogens is 1. The number of hydrogen-bond donors (Lipinski definition) is 1. The van der Waals surface area contributed by atoms with Gasteiger partial charge in [0.15, 0.2) is 0 Å². The van der Waals surface area contributed by atoms with Crippen LogP contribution >= 0.6 is 11.8 Å². The van der Waals surface area contributed by atoms with Gasteiger partial charge in [0.1, 0.15) is 5.82 Å². The molecule has 1 heterocycles. The number of rotatable bonds is 5. The summed E-state index contributed by atoms with van der Waals surface area (Å²) in [6, 6.07) is 10.6. The number of carbonyl (C=O) groups is 1. The van der Waals surface area contributed by atoms with Crippen LogP contribution in [0.25, 0.3) is 5.69 Å². The van der Waals surface area contributed by atoms with Crippen LogP contribution in [-0.2, 0) is 4.79 Å². The van der Waals surface area contributed by atoms with Crippen molar-refractivity contribution >= 4 is 23.4 Å². The van der Waals surface area contributed by atoms with Crippen molar-refractivity contribution in [2.45, 2.75) is 38.1 Å². The van der Waals surface area contributed by atoms with Gasteiger partial charge < -0.3 is 5.32 Å². The molecule has 0 aliphatic carbocycles. The van der Waals surface area contributed by atoms with E-state index in [1.165, 1.54) is 17.8 Å². The molecule has 3 aromatic rings. The molecular formula is C19H20FN5OS. The van der Waals surface area contributed by atoms with Crippen LogP contribution in [0, 0.1) is 26.6 Å². The standard InChI is InChI=1S/C19H20FN5OS/c1-11-5-6-13(3)17(9-11)25-19(22-23-24-25)27-14(4)18(26)21-15-8-7-12(2)16(20)10-15/h5-10,14H,1-4H3,(H,21,26)/t14-/m1/s1. The summed E-state index contributed by atoms with van der Waals surface area (Å²) in [7, 11) is 0. The van der Waals surface area contributed by atoms with Gasteiger partial charge in [-0.1, -0.05) is 30.0 Å².